The Morgan fingerprint density at radius 2 is 1.24 bits per heavy atom. The smallest absolute Gasteiger partial charge is 0.469 e. The second-order valence-electron chi connectivity index (χ2n) is 12.7. The van der Waals surface area contributed by atoms with E-state index in [1.807, 2.05) is 21.1 Å². The number of nitrogens with zero attached hydrogens (tertiary/aromatic N) is 1. The Hall–Kier alpha value is -0.540. The van der Waals surface area contributed by atoms with E-state index in [4.69, 9.17) is 13.8 Å². The van der Waals surface area contributed by atoms with Crippen LogP contribution in [0.3, 0.4) is 0 Å². The summed E-state index contributed by atoms with van der Waals surface area (Å²) >= 11 is 0. The van der Waals surface area contributed by atoms with Crippen LogP contribution in [-0.4, -0.2) is 87.3 Å². The molecule has 252 valence electrons. The number of ether oxygens (including phenoxy) is 2. The molecule has 0 aliphatic rings. The SMILES string of the molecule is CCCCCCCCCCCCCCCCCC[C@@H](OP(=O)(O)OCC[N+](C)(C)C)[C@H](CO)OCCCCC(=O)OC. The summed E-state index contributed by atoms with van der Waals surface area (Å²) in [6, 6.07) is 0. The fourth-order valence-corrected chi connectivity index (χ4v) is 5.77. The van der Waals surface area contributed by atoms with Crippen molar-refractivity contribution in [3.8, 4) is 0 Å². The Labute approximate surface area is 258 Å². The van der Waals surface area contributed by atoms with Crippen LogP contribution in [0.5, 0.6) is 0 Å². The zero-order chi connectivity index (χ0) is 31.5. The molecule has 0 saturated heterocycles. The van der Waals surface area contributed by atoms with E-state index in [0.717, 1.165) is 19.3 Å². The van der Waals surface area contributed by atoms with Crippen molar-refractivity contribution in [3.05, 3.63) is 0 Å². The number of carbonyl (C=O) groups excluding carboxylic acids is 1. The van der Waals surface area contributed by atoms with Crippen LogP contribution in [0.15, 0.2) is 0 Å². The quantitative estimate of drug-likeness (QED) is 0.0352. The minimum absolute atomic E-state index is 0.0845. The number of aliphatic hydroxyl groups is 1. The Morgan fingerprint density at radius 3 is 1.69 bits per heavy atom. The maximum atomic E-state index is 12.7. The Kier molecular flexibility index (Phi) is 26.5. The molecule has 0 aromatic rings. The highest BCUT2D eigenvalue weighted by atomic mass is 31.2. The van der Waals surface area contributed by atoms with Crippen LogP contribution >= 0.6 is 7.82 Å². The van der Waals surface area contributed by atoms with Gasteiger partial charge in [0.1, 0.15) is 19.3 Å². The number of methoxy groups -OCH3 is 1. The van der Waals surface area contributed by atoms with Gasteiger partial charge in [0.05, 0.1) is 41.0 Å². The number of esters is 1. The first-order valence-electron chi connectivity index (χ1n) is 16.8. The number of quaternary nitrogens is 1. The molecule has 0 saturated carbocycles. The fraction of sp³-hybridized carbons (Fsp3) is 0.969. The molecule has 0 aliphatic carbocycles. The molecule has 1 unspecified atom stereocenters. The molecule has 0 heterocycles. The van der Waals surface area contributed by atoms with E-state index in [0.29, 0.717) is 43.3 Å². The Balaban J connectivity index is 4.39. The lowest BCUT2D eigenvalue weighted by Gasteiger charge is -2.28. The monoisotopic (exact) mass is 624 g/mol. The second-order valence-corrected chi connectivity index (χ2v) is 14.1. The summed E-state index contributed by atoms with van der Waals surface area (Å²) in [5, 5.41) is 10.0. The molecule has 9 nitrogen and oxygen atoms in total. The van der Waals surface area contributed by atoms with Crippen LogP contribution in [0.4, 0.5) is 0 Å². The third kappa shape index (κ3) is 27.0. The molecule has 0 aromatic carbocycles. The number of hydrogen-bond acceptors (Lipinski definition) is 7. The number of unbranched alkanes of at least 4 members (excludes halogenated alkanes) is 16. The third-order valence-corrected chi connectivity index (χ3v) is 8.60. The zero-order valence-electron chi connectivity index (χ0n) is 27.9. The van der Waals surface area contributed by atoms with Gasteiger partial charge in [-0.25, -0.2) is 4.57 Å². The van der Waals surface area contributed by atoms with Crippen molar-refractivity contribution in [1.82, 2.24) is 0 Å². The van der Waals surface area contributed by atoms with E-state index in [2.05, 4.69) is 11.7 Å². The number of phosphoric ester groups is 1. The lowest BCUT2D eigenvalue weighted by molar-refractivity contribution is -0.870. The predicted octanol–water partition coefficient (Wildman–Crippen LogP) is 7.57. The largest absolute Gasteiger partial charge is 0.472 e. The van der Waals surface area contributed by atoms with Gasteiger partial charge in [-0.1, -0.05) is 110 Å². The number of rotatable bonds is 31. The predicted molar refractivity (Wildman–Crippen MR) is 170 cm³/mol. The third-order valence-electron chi connectivity index (χ3n) is 7.56. The zero-order valence-corrected chi connectivity index (χ0v) is 28.8. The topological polar surface area (TPSA) is 112 Å². The van der Waals surface area contributed by atoms with Crippen molar-refractivity contribution >= 4 is 13.8 Å². The van der Waals surface area contributed by atoms with E-state index >= 15 is 0 Å². The highest BCUT2D eigenvalue weighted by molar-refractivity contribution is 7.47. The first-order chi connectivity index (χ1) is 20.0. The van der Waals surface area contributed by atoms with Crippen molar-refractivity contribution in [2.24, 2.45) is 0 Å². The van der Waals surface area contributed by atoms with Crippen LogP contribution < -0.4 is 0 Å². The van der Waals surface area contributed by atoms with Gasteiger partial charge in [0.25, 0.3) is 0 Å². The summed E-state index contributed by atoms with van der Waals surface area (Å²) in [5.41, 5.74) is 0. The van der Waals surface area contributed by atoms with Crippen LogP contribution in [0.25, 0.3) is 0 Å². The summed E-state index contributed by atoms with van der Waals surface area (Å²) < 4.78 is 34.6. The van der Waals surface area contributed by atoms with Gasteiger partial charge >= 0.3 is 13.8 Å². The molecular weight excluding hydrogens is 557 g/mol. The van der Waals surface area contributed by atoms with Crippen molar-refractivity contribution in [2.75, 3.05) is 54.6 Å². The van der Waals surface area contributed by atoms with Crippen LogP contribution in [0, 0.1) is 0 Å². The normalized spacial score (nSPS) is 14.9. The van der Waals surface area contributed by atoms with Gasteiger partial charge in [-0.05, 0) is 19.3 Å². The van der Waals surface area contributed by atoms with Gasteiger partial charge < -0.3 is 24.0 Å². The molecule has 0 radical (unpaired) electrons. The lowest BCUT2D eigenvalue weighted by Crippen LogP contribution is -2.38. The van der Waals surface area contributed by atoms with Crippen molar-refractivity contribution in [3.63, 3.8) is 0 Å². The van der Waals surface area contributed by atoms with E-state index in [1.54, 1.807) is 0 Å². The fourth-order valence-electron chi connectivity index (χ4n) is 4.82. The Morgan fingerprint density at radius 1 is 0.738 bits per heavy atom. The van der Waals surface area contributed by atoms with Gasteiger partial charge in [-0.3, -0.25) is 13.8 Å². The van der Waals surface area contributed by atoms with Gasteiger partial charge in [0.15, 0.2) is 0 Å². The molecule has 10 heteroatoms. The summed E-state index contributed by atoms with van der Waals surface area (Å²) in [6.45, 7) is 2.87. The highest BCUT2D eigenvalue weighted by Crippen LogP contribution is 2.46. The van der Waals surface area contributed by atoms with E-state index in [-0.39, 0.29) is 19.2 Å². The van der Waals surface area contributed by atoms with Gasteiger partial charge in [0.2, 0.25) is 0 Å². The molecule has 2 N–H and O–H groups in total. The summed E-state index contributed by atoms with van der Waals surface area (Å²) in [6.07, 6.45) is 20.8. The summed E-state index contributed by atoms with van der Waals surface area (Å²) in [4.78, 5) is 21.7. The minimum Gasteiger partial charge on any atom is -0.469 e. The first kappa shape index (κ1) is 41.5. The van der Waals surface area contributed by atoms with E-state index in [1.165, 1.54) is 90.6 Å². The summed E-state index contributed by atoms with van der Waals surface area (Å²) in [7, 11) is 2.96. The van der Waals surface area contributed by atoms with Gasteiger partial charge in [-0.2, -0.15) is 0 Å². The number of aliphatic hydroxyl groups excluding tert-OH is 1. The maximum Gasteiger partial charge on any atom is 0.472 e. The molecular formula is C32H67NO8P+. The number of carbonyl (C=O) groups is 1. The molecule has 0 aliphatic heterocycles. The van der Waals surface area contributed by atoms with E-state index in [9.17, 15) is 19.4 Å². The molecule has 0 bridgehead atoms. The second kappa shape index (κ2) is 26.8. The number of phosphoric acid groups is 1. The van der Waals surface area contributed by atoms with Crippen LogP contribution in [0.1, 0.15) is 135 Å². The molecule has 0 spiro atoms. The van der Waals surface area contributed by atoms with E-state index < -0.39 is 20.0 Å². The van der Waals surface area contributed by atoms with Crippen molar-refractivity contribution in [2.45, 2.75) is 148 Å². The van der Waals surface area contributed by atoms with Gasteiger partial charge in [0, 0.05) is 13.0 Å². The highest BCUT2D eigenvalue weighted by Gasteiger charge is 2.32. The first-order valence-corrected chi connectivity index (χ1v) is 18.3. The summed E-state index contributed by atoms with van der Waals surface area (Å²) in [5.74, 6) is -0.273. The van der Waals surface area contributed by atoms with Crippen molar-refractivity contribution in [1.29, 1.82) is 0 Å². The lowest BCUT2D eigenvalue weighted by atomic mass is 10.0. The minimum atomic E-state index is -4.32. The molecule has 3 atom stereocenters. The Bertz CT molecular complexity index is 673. The van der Waals surface area contributed by atoms with Gasteiger partial charge in [-0.15, -0.1) is 0 Å². The number of hydrogen-bond donors (Lipinski definition) is 2. The average Bonchev–Trinajstić information content (AvgIpc) is 2.93. The van der Waals surface area contributed by atoms with Crippen LogP contribution in [0.2, 0.25) is 0 Å². The average molecular weight is 625 g/mol. The molecule has 0 aromatic heterocycles. The maximum absolute atomic E-state index is 12.7. The van der Waals surface area contributed by atoms with Crippen molar-refractivity contribution < 1.29 is 42.4 Å². The molecule has 0 rings (SSSR count). The molecule has 42 heavy (non-hydrogen) atoms. The molecule has 0 amide bonds. The standard InChI is InChI=1S/C32H66NO8P/c1-6-7-8-9-10-11-12-13-14-15-16-17-18-19-20-21-24-30(41-42(36,37)40-28-26-33(2,3)4)31(29-34)39-27-23-22-25-32(35)38-5/h30-31,34H,6-29H2,1-5H3/p+1/t30-,31+/m1/s1. The number of likely N-dealkylation sites (N-methyl/N-ethyl adjacent to an activating group) is 1. The van der Waals surface area contributed by atoms with Crippen LogP contribution in [-0.2, 0) is 27.9 Å². The molecule has 0 fully saturated rings.